The van der Waals surface area contributed by atoms with Gasteiger partial charge in [-0.2, -0.15) is 0 Å². The number of hydrogen-bond acceptors (Lipinski definition) is 6. The first kappa shape index (κ1) is 19.1. The summed E-state index contributed by atoms with van der Waals surface area (Å²) in [6, 6.07) is 12.8. The maximum atomic E-state index is 12.2. The number of carbonyl (C=O) groups is 2. The summed E-state index contributed by atoms with van der Waals surface area (Å²) in [5, 5.41) is 16.1. The van der Waals surface area contributed by atoms with E-state index in [2.05, 4.69) is 20.8 Å². The summed E-state index contributed by atoms with van der Waals surface area (Å²) >= 11 is 2.65. The van der Waals surface area contributed by atoms with Gasteiger partial charge in [0.2, 0.25) is 5.91 Å². The zero-order chi connectivity index (χ0) is 19.2. The first-order valence-corrected chi connectivity index (χ1v) is 10.1. The van der Waals surface area contributed by atoms with Crippen molar-refractivity contribution in [3.8, 4) is 0 Å². The highest BCUT2D eigenvalue weighted by Gasteiger charge is 2.10. The molecule has 0 spiro atoms. The summed E-state index contributed by atoms with van der Waals surface area (Å²) in [7, 11) is 0. The van der Waals surface area contributed by atoms with Crippen LogP contribution in [-0.4, -0.2) is 27.8 Å². The van der Waals surface area contributed by atoms with E-state index in [0.29, 0.717) is 15.7 Å². The quantitative estimate of drug-likeness (QED) is 0.610. The van der Waals surface area contributed by atoms with Gasteiger partial charge in [0.05, 0.1) is 10.6 Å². The number of rotatable bonds is 6. The lowest BCUT2D eigenvalue weighted by atomic mass is 10.1. The largest absolute Gasteiger partial charge is 0.325 e. The second-order valence-electron chi connectivity index (χ2n) is 5.77. The van der Waals surface area contributed by atoms with Crippen molar-refractivity contribution in [3.05, 3.63) is 63.8 Å². The summed E-state index contributed by atoms with van der Waals surface area (Å²) < 4.78 is 0. The molecule has 2 aromatic heterocycles. The van der Waals surface area contributed by atoms with Gasteiger partial charge in [0.15, 0.2) is 5.82 Å². The minimum atomic E-state index is -0.215. The van der Waals surface area contributed by atoms with E-state index in [1.54, 1.807) is 18.2 Å². The monoisotopic (exact) mass is 398 g/mol. The number of carbonyl (C=O) groups excluding carboxylic acids is 2. The molecule has 1 aromatic carbocycles. The van der Waals surface area contributed by atoms with Crippen molar-refractivity contribution < 1.29 is 9.59 Å². The topological polar surface area (TPSA) is 84.0 Å². The third-order valence-electron chi connectivity index (χ3n) is 3.86. The minimum absolute atomic E-state index is 0.106. The van der Waals surface area contributed by atoms with Crippen molar-refractivity contribution >= 4 is 46.4 Å². The summed E-state index contributed by atoms with van der Waals surface area (Å²) in [5.74, 6) is 0.277. The second kappa shape index (κ2) is 8.79. The Hall–Kier alpha value is -2.71. The molecule has 0 aliphatic heterocycles. The van der Waals surface area contributed by atoms with Crippen molar-refractivity contribution in [2.24, 2.45) is 0 Å². The number of hydrogen-bond donors (Lipinski definition) is 2. The van der Waals surface area contributed by atoms with E-state index in [0.717, 1.165) is 16.8 Å². The van der Waals surface area contributed by atoms with Gasteiger partial charge in [0, 0.05) is 5.69 Å². The lowest BCUT2D eigenvalue weighted by molar-refractivity contribution is -0.113. The molecule has 2 N–H and O–H groups in total. The van der Waals surface area contributed by atoms with Crippen molar-refractivity contribution in [1.29, 1.82) is 0 Å². The van der Waals surface area contributed by atoms with Crippen LogP contribution in [-0.2, 0) is 4.79 Å². The first-order chi connectivity index (χ1) is 13.0. The lowest BCUT2D eigenvalue weighted by Gasteiger charge is -2.10. The highest BCUT2D eigenvalue weighted by Crippen LogP contribution is 2.20. The number of thiophene rings is 1. The molecule has 0 saturated carbocycles. The molecule has 0 aliphatic rings. The van der Waals surface area contributed by atoms with Gasteiger partial charge in [0.1, 0.15) is 5.03 Å². The first-order valence-electron chi connectivity index (χ1n) is 8.20. The fourth-order valence-corrected chi connectivity index (χ4v) is 3.49. The van der Waals surface area contributed by atoms with Crippen LogP contribution in [0.4, 0.5) is 11.5 Å². The number of nitrogens with one attached hydrogen (secondary N) is 2. The Balaban J connectivity index is 1.51. The van der Waals surface area contributed by atoms with E-state index in [9.17, 15) is 9.59 Å². The molecule has 2 heterocycles. The molecule has 0 aliphatic carbocycles. The van der Waals surface area contributed by atoms with E-state index < -0.39 is 0 Å². The van der Waals surface area contributed by atoms with Gasteiger partial charge in [-0.15, -0.1) is 21.5 Å². The number of benzene rings is 1. The third kappa shape index (κ3) is 5.15. The third-order valence-corrected chi connectivity index (χ3v) is 5.65. The molecule has 27 heavy (non-hydrogen) atoms. The fraction of sp³-hybridized carbons (Fsp3) is 0.158. The average Bonchev–Trinajstić information content (AvgIpc) is 3.20. The summed E-state index contributed by atoms with van der Waals surface area (Å²) in [4.78, 5) is 24.7. The maximum Gasteiger partial charge on any atom is 0.266 e. The normalized spacial score (nSPS) is 10.4. The smallest absolute Gasteiger partial charge is 0.266 e. The van der Waals surface area contributed by atoms with E-state index in [4.69, 9.17) is 0 Å². The molecule has 3 rings (SSSR count). The van der Waals surface area contributed by atoms with Crippen LogP contribution in [0.3, 0.4) is 0 Å². The van der Waals surface area contributed by atoms with E-state index in [1.165, 1.54) is 23.1 Å². The Labute approximate surface area is 165 Å². The molecule has 0 atom stereocenters. The van der Waals surface area contributed by atoms with Crippen LogP contribution >= 0.6 is 23.1 Å². The Kier molecular flexibility index (Phi) is 6.20. The summed E-state index contributed by atoms with van der Waals surface area (Å²) in [6.45, 7) is 3.99. The Morgan fingerprint density at radius 3 is 2.59 bits per heavy atom. The zero-order valence-corrected chi connectivity index (χ0v) is 16.5. The summed E-state index contributed by atoms with van der Waals surface area (Å²) in [5.41, 5.74) is 3.01. The molecule has 138 valence electrons. The van der Waals surface area contributed by atoms with Gasteiger partial charge in [-0.25, -0.2) is 0 Å². The van der Waals surface area contributed by atoms with Crippen molar-refractivity contribution in [2.45, 2.75) is 18.9 Å². The number of aryl methyl sites for hydroxylation is 1. The number of thioether (sulfide) groups is 1. The predicted molar refractivity (Wildman–Crippen MR) is 110 cm³/mol. The highest BCUT2D eigenvalue weighted by molar-refractivity contribution is 7.99. The Morgan fingerprint density at radius 2 is 1.89 bits per heavy atom. The Morgan fingerprint density at radius 1 is 1.04 bits per heavy atom. The molecular weight excluding hydrogens is 380 g/mol. The van der Waals surface area contributed by atoms with Gasteiger partial charge in [-0.3, -0.25) is 9.59 Å². The highest BCUT2D eigenvalue weighted by atomic mass is 32.2. The van der Waals surface area contributed by atoms with E-state index in [-0.39, 0.29) is 17.6 Å². The molecule has 0 bridgehead atoms. The van der Waals surface area contributed by atoms with Crippen molar-refractivity contribution in [1.82, 2.24) is 10.2 Å². The standard InChI is InChI=1S/C19H18N4O2S2/c1-12-5-3-6-14(13(12)2)20-17(24)11-27-18-9-8-16(22-23-18)21-19(25)15-7-4-10-26-15/h3-10H,11H2,1-2H3,(H,20,24)(H,21,22,25). The molecule has 6 nitrogen and oxygen atoms in total. The fourth-order valence-electron chi connectivity index (χ4n) is 2.26. The number of amides is 2. The van der Waals surface area contributed by atoms with Crippen LogP contribution in [0.1, 0.15) is 20.8 Å². The average molecular weight is 399 g/mol. The lowest BCUT2D eigenvalue weighted by Crippen LogP contribution is -2.15. The van der Waals surface area contributed by atoms with E-state index in [1.807, 2.05) is 43.5 Å². The van der Waals surface area contributed by atoms with Crippen LogP contribution in [0, 0.1) is 13.8 Å². The molecule has 0 unspecified atom stereocenters. The van der Waals surface area contributed by atoms with Crippen LogP contribution in [0.15, 0.2) is 52.9 Å². The van der Waals surface area contributed by atoms with Crippen LogP contribution < -0.4 is 10.6 Å². The number of nitrogens with zero attached hydrogens (tertiary/aromatic N) is 2. The predicted octanol–water partition coefficient (Wildman–Crippen LogP) is 4.14. The van der Waals surface area contributed by atoms with Crippen molar-refractivity contribution in [3.63, 3.8) is 0 Å². The molecule has 0 radical (unpaired) electrons. The number of aromatic nitrogens is 2. The second-order valence-corrected chi connectivity index (χ2v) is 7.72. The Bertz CT molecular complexity index is 941. The zero-order valence-electron chi connectivity index (χ0n) is 14.9. The van der Waals surface area contributed by atoms with Crippen LogP contribution in [0.5, 0.6) is 0 Å². The number of anilines is 2. The minimum Gasteiger partial charge on any atom is -0.325 e. The molecule has 2 amide bonds. The van der Waals surface area contributed by atoms with Gasteiger partial charge in [0.25, 0.3) is 5.91 Å². The van der Waals surface area contributed by atoms with Gasteiger partial charge in [-0.05, 0) is 54.6 Å². The van der Waals surface area contributed by atoms with Crippen LogP contribution in [0.25, 0.3) is 0 Å². The summed E-state index contributed by atoms with van der Waals surface area (Å²) in [6.07, 6.45) is 0. The molecule has 0 fully saturated rings. The SMILES string of the molecule is Cc1cccc(NC(=O)CSc2ccc(NC(=O)c3cccs3)nn2)c1C. The van der Waals surface area contributed by atoms with Gasteiger partial charge >= 0.3 is 0 Å². The van der Waals surface area contributed by atoms with Gasteiger partial charge in [-0.1, -0.05) is 30.0 Å². The molecular formula is C19H18N4O2S2. The molecule has 3 aromatic rings. The van der Waals surface area contributed by atoms with Crippen LogP contribution in [0.2, 0.25) is 0 Å². The van der Waals surface area contributed by atoms with E-state index >= 15 is 0 Å². The van der Waals surface area contributed by atoms with Crippen molar-refractivity contribution in [2.75, 3.05) is 16.4 Å². The van der Waals surface area contributed by atoms with Gasteiger partial charge < -0.3 is 10.6 Å². The molecule has 0 saturated heterocycles. The molecule has 8 heteroatoms. The maximum absolute atomic E-state index is 12.2.